The van der Waals surface area contributed by atoms with E-state index in [0.29, 0.717) is 31.3 Å². The van der Waals surface area contributed by atoms with Crippen molar-refractivity contribution in [2.24, 2.45) is 4.99 Å². The summed E-state index contributed by atoms with van der Waals surface area (Å²) in [6, 6.07) is 5.54. The molecule has 0 spiro atoms. The fourth-order valence-electron chi connectivity index (χ4n) is 3.72. The Morgan fingerprint density at radius 2 is 1.81 bits per heavy atom. The average Bonchev–Trinajstić information content (AvgIpc) is 3.33. The number of guanidine groups is 1. The van der Waals surface area contributed by atoms with Gasteiger partial charge in [-0.3, -0.25) is 4.99 Å². The van der Waals surface area contributed by atoms with E-state index in [4.69, 9.17) is 28.7 Å². The van der Waals surface area contributed by atoms with Crippen LogP contribution in [0.5, 0.6) is 17.2 Å². The monoisotopic (exact) mass is 549 g/mol. The number of hydrogen-bond donors (Lipinski definition) is 1. The van der Waals surface area contributed by atoms with Gasteiger partial charge in [-0.25, -0.2) is 0 Å². The summed E-state index contributed by atoms with van der Waals surface area (Å²) in [7, 11) is 3.26. The van der Waals surface area contributed by atoms with Gasteiger partial charge in [-0.1, -0.05) is 0 Å². The highest BCUT2D eigenvalue weighted by atomic mass is 127. The quantitative estimate of drug-likeness (QED) is 0.220. The Morgan fingerprint density at radius 3 is 2.45 bits per heavy atom. The van der Waals surface area contributed by atoms with E-state index in [9.17, 15) is 0 Å². The first-order chi connectivity index (χ1) is 14.7. The second-order valence-corrected chi connectivity index (χ2v) is 7.39. The zero-order valence-corrected chi connectivity index (χ0v) is 21.1. The van der Waals surface area contributed by atoms with E-state index in [1.807, 2.05) is 18.2 Å². The number of ether oxygens (including phenoxy) is 5. The summed E-state index contributed by atoms with van der Waals surface area (Å²) < 4.78 is 28.2. The van der Waals surface area contributed by atoms with Gasteiger partial charge in [0.1, 0.15) is 23.4 Å². The van der Waals surface area contributed by atoms with Crippen LogP contribution < -0.4 is 19.5 Å². The minimum atomic E-state index is 0. The summed E-state index contributed by atoms with van der Waals surface area (Å²) in [4.78, 5) is 7.09. The highest BCUT2D eigenvalue weighted by Gasteiger charge is 2.32. The maximum Gasteiger partial charge on any atom is 0.194 e. The van der Waals surface area contributed by atoms with Gasteiger partial charge in [0, 0.05) is 57.4 Å². The summed E-state index contributed by atoms with van der Waals surface area (Å²) in [5.74, 6) is 3.09. The molecule has 2 fully saturated rings. The van der Waals surface area contributed by atoms with Crippen LogP contribution in [-0.2, 0) is 9.47 Å². The van der Waals surface area contributed by atoms with E-state index in [0.717, 1.165) is 57.2 Å². The van der Waals surface area contributed by atoms with Gasteiger partial charge in [0.05, 0.1) is 33.5 Å². The molecular formula is C22H36IN3O5. The number of nitrogens with zero attached hydrogens (tertiary/aromatic N) is 2. The molecule has 176 valence electrons. The Balaban J connectivity index is 0.00000341. The summed E-state index contributed by atoms with van der Waals surface area (Å²) in [5, 5.41) is 3.41. The van der Waals surface area contributed by atoms with Crippen LogP contribution in [0, 0.1) is 0 Å². The summed E-state index contributed by atoms with van der Waals surface area (Å²) in [5.41, 5.74) is 0. The Hall–Kier alpha value is -1.46. The van der Waals surface area contributed by atoms with Crippen molar-refractivity contribution in [1.82, 2.24) is 10.2 Å². The molecule has 1 N–H and O–H groups in total. The van der Waals surface area contributed by atoms with Gasteiger partial charge < -0.3 is 33.9 Å². The lowest BCUT2D eigenvalue weighted by atomic mass is 10.1. The summed E-state index contributed by atoms with van der Waals surface area (Å²) in [6.45, 7) is 7.39. The number of benzene rings is 1. The van der Waals surface area contributed by atoms with Crippen molar-refractivity contribution in [2.75, 3.05) is 60.2 Å². The standard InChI is InChI=1S/C22H35N3O5.HI/c1-4-23-22(25-9-12-30-21(16-25)20-7-5-10-29-20)24-8-6-11-28-19-14-17(26-2)13-18(15-19)27-3;/h13-15,20-21H,4-12,16H2,1-3H3,(H,23,24);1H. The number of aliphatic imine (C=N–C) groups is 1. The fraction of sp³-hybridized carbons (Fsp3) is 0.682. The SMILES string of the molecule is CCNC(=NCCCOc1cc(OC)cc(OC)c1)N1CCOC(C2CCCO2)C1.I. The van der Waals surface area contributed by atoms with Gasteiger partial charge in [-0.15, -0.1) is 24.0 Å². The highest BCUT2D eigenvalue weighted by molar-refractivity contribution is 14.0. The van der Waals surface area contributed by atoms with Gasteiger partial charge in [-0.05, 0) is 19.8 Å². The third kappa shape index (κ3) is 7.87. The van der Waals surface area contributed by atoms with Crippen molar-refractivity contribution in [3.8, 4) is 17.2 Å². The predicted octanol–water partition coefficient (Wildman–Crippen LogP) is 2.94. The third-order valence-corrected chi connectivity index (χ3v) is 5.27. The molecule has 0 amide bonds. The van der Waals surface area contributed by atoms with E-state index >= 15 is 0 Å². The van der Waals surface area contributed by atoms with Crippen LogP contribution in [0.15, 0.2) is 23.2 Å². The molecule has 3 rings (SSSR count). The van der Waals surface area contributed by atoms with E-state index in [1.165, 1.54) is 0 Å². The number of methoxy groups -OCH3 is 2. The zero-order chi connectivity index (χ0) is 21.2. The van der Waals surface area contributed by atoms with Crippen LogP contribution in [0.4, 0.5) is 0 Å². The number of nitrogens with one attached hydrogen (secondary N) is 1. The summed E-state index contributed by atoms with van der Waals surface area (Å²) >= 11 is 0. The molecule has 0 saturated carbocycles. The fourth-order valence-corrected chi connectivity index (χ4v) is 3.72. The molecule has 1 aromatic rings. The molecule has 31 heavy (non-hydrogen) atoms. The predicted molar refractivity (Wildman–Crippen MR) is 131 cm³/mol. The van der Waals surface area contributed by atoms with E-state index in [-0.39, 0.29) is 36.2 Å². The molecule has 8 nitrogen and oxygen atoms in total. The first-order valence-corrected chi connectivity index (χ1v) is 10.9. The largest absolute Gasteiger partial charge is 0.496 e. The second kappa shape index (κ2) is 13.8. The molecule has 2 saturated heterocycles. The molecule has 1 aromatic carbocycles. The number of hydrogen-bond acceptors (Lipinski definition) is 6. The molecule has 0 bridgehead atoms. The maximum absolute atomic E-state index is 5.96. The molecule has 2 heterocycles. The van der Waals surface area contributed by atoms with Gasteiger partial charge >= 0.3 is 0 Å². The minimum absolute atomic E-state index is 0. The van der Waals surface area contributed by atoms with Crippen LogP contribution in [0.25, 0.3) is 0 Å². The molecule has 2 aliphatic heterocycles. The van der Waals surface area contributed by atoms with Crippen LogP contribution >= 0.6 is 24.0 Å². The van der Waals surface area contributed by atoms with Crippen molar-refractivity contribution >= 4 is 29.9 Å². The molecule has 2 atom stereocenters. The van der Waals surface area contributed by atoms with Crippen molar-refractivity contribution in [3.05, 3.63) is 18.2 Å². The van der Waals surface area contributed by atoms with E-state index < -0.39 is 0 Å². The van der Waals surface area contributed by atoms with Crippen LogP contribution in [0.3, 0.4) is 0 Å². The average molecular weight is 549 g/mol. The van der Waals surface area contributed by atoms with Crippen molar-refractivity contribution < 1.29 is 23.7 Å². The van der Waals surface area contributed by atoms with Gasteiger partial charge in [0.25, 0.3) is 0 Å². The Morgan fingerprint density at radius 1 is 1.10 bits per heavy atom. The first kappa shape index (κ1) is 25.8. The Kier molecular flexibility index (Phi) is 11.5. The number of morpholine rings is 1. The van der Waals surface area contributed by atoms with E-state index in [1.54, 1.807) is 14.2 Å². The maximum atomic E-state index is 5.96. The van der Waals surface area contributed by atoms with Crippen molar-refractivity contribution in [2.45, 2.75) is 38.4 Å². The molecule has 0 aromatic heterocycles. The molecule has 0 radical (unpaired) electrons. The third-order valence-electron chi connectivity index (χ3n) is 5.27. The molecule has 9 heteroatoms. The van der Waals surface area contributed by atoms with Crippen molar-refractivity contribution in [1.29, 1.82) is 0 Å². The smallest absolute Gasteiger partial charge is 0.194 e. The minimum Gasteiger partial charge on any atom is -0.496 e. The molecule has 2 unspecified atom stereocenters. The Bertz CT molecular complexity index is 663. The number of rotatable bonds is 9. The van der Waals surface area contributed by atoms with Gasteiger partial charge in [0.2, 0.25) is 0 Å². The van der Waals surface area contributed by atoms with Crippen molar-refractivity contribution in [3.63, 3.8) is 0 Å². The molecule has 2 aliphatic rings. The molecular weight excluding hydrogens is 513 g/mol. The molecule has 0 aliphatic carbocycles. The van der Waals surface area contributed by atoms with Crippen LogP contribution in [-0.4, -0.2) is 83.3 Å². The van der Waals surface area contributed by atoms with Crippen LogP contribution in [0.2, 0.25) is 0 Å². The lowest BCUT2D eigenvalue weighted by Crippen LogP contribution is -2.53. The van der Waals surface area contributed by atoms with Gasteiger partial charge in [0.15, 0.2) is 5.96 Å². The van der Waals surface area contributed by atoms with E-state index in [2.05, 4.69) is 17.1 Å². The Labute approximate surface area is 202 Å². The lowest BCUT2D eigenvalue weighted by Gasteiger charge is -2.37. The number of halogens is 1. The normalized spacial score (nSPS) is 21.4. The second-order valence-electron chi connectivity index (χ2n) is 7.39. The first-order valence-electron chi connectivity index (χ1n) is 10.9. The zero-order valence-electron chi connectivity index (χ0n) is 18.8. The van der Waals surface area contributed by atoms with Gasteiger partial charge in [-0.2, -0.15) is 0 Å². The topological polar surface area (TPSA) is 73.8 Å². The van der Waals surface area contributed by atoms with Crippen LogP contribution in [0.1, 0.15) is 26.2 Å². The highest BCUT2D eigenvalue weighted by Crippen LogP contribution is 2.27. The summed E-state index contributed by atoms with van der Waals surface area (Å²) in [6.07, 6.45) is 3.35. The lowest BCUT2D eigenvalue weighted by molar-refractivity contribution is -0.0817.